The van der Waals surface area contributed by atoms with Crippen LogP contribution in [0.5, 0.6) is 5.75 Å². The zero-order valence-electron chi connectivity index (χ0n) is 9.99. The molecule has 18 heavy (non-hydrogen) atoms. The van der Waals surface area contributed by atoms with Crippen LogP contribution in [0.3, 0.4) is 0 Å². The molecule has 4 heteroatoms. The lowest BCUT2D eigenvalue weighted by Gasteiger charge is -2.17. The summed E-state index contributed by atoms with van der Waals surface area (Å²) in [5.74, 6) is -1.11. The second kappa shape index (κ2) is 4.56. The third kappa shape index (κ3) is 2.09. The van der Waals surface area contributed by atoms with Crippen molar-refractivity contribution in [1.82, 2.24) is 0 Å². The quantitative estimate of drug-likeness (QED) is 0.345. The summed E-state index contributed by atoms with van der Waals surface area (Å²) in [6, 6.07) is 4.78. The van der Waals surface area contributed by atoms with Crippen LogP contribution < -0.4 is 4.74 Å². The maximum absolute atomic E-state index is 11.7. The van der Waals surface area contributed by atoms with Crippen molar-refractivity contribution in [3.05, 3.63) is 41.5 Å². The van der Waals surface area contributed by atoms with Crippen molar-refractivity contribution in [3.8, 4) is 5.75 Å². The molecule has 1 aromatic rings. The van der Waals surface area contributed by atoms with Gasteiger partial charge in [-0.1, -0.05) is 18.7 Å². The highest BCUT2D eigenvalue weighted by molar-refractivity contribution is 6.45. The van der Waals surface area contributed by atoms with Gasteiger partial charge >= 0.3 is 5.97 Å². The predicted molar refractivity (Wildman–Crippen MR) is 64.5 cm³/mol. The molecule has 0 aromatic heterocycles. The minimum Gasteiger partial charge on any atom is -0.423 e. The number of carbonyl (C=O) groups is 3. The first-order valence-electron chi connectivity index (χ1n) is 5.58. The highest BCUT2D eigenvalue weighted by Gasteiger charge is 2.27. The standard InChI is InChI=1S/C14H12O4/c1-8(2)14(17)18-12-5-3-4-10-9(12)6-7-11(15)13(10)16/h3-5H,1,6-7H2,2H3. The Morgan fingerprint density at radius 2 is 2.00 bits per heavy atom. The zero-order valence-corrected chi connectivity index (χ0v) is 9.99. The Morgan fingerprint density at radius 1 is 1.28 bits per heavy atom. The van der Waals surface area contributed by atoms with E-state index in [9.17, 15) is 14.4 Å². The van der Waals surface area contributed by atoms with Gasteiger partial charge in [-0.2, -0.15) is 0 Å². The summed E-state index contributed by atoms with van der Waals surface area (Å²) in [5.41, 5.74) is 1.24. The van der Waals surface area contributed by atoms with Crippen molar-refractivity contribution in [2.45, 2.75) is 19.8 Å². The third-order valence-electron chi connectivity index (χ3n) is 2.78. The largest absolute Gasteiger partial charge is 0.423 e. The molecule has 0 amide bonds. The van der Waals surface area contributed by atoms with Gasteiger partial charge in [0.25, 0.3) is 0 Å². The van der Waals surface area contributed by atoms with Crippen LogP contribution in [0.1, 0.15) is 29.3 Å². The van der Waals surface area contributed by atoms with Gasteiger partial charge < -0.3 is 4.74 Å². The summed E-state index contributed by atoms with van der Waals surface area (Å²) in [6.07, 6.45) is 0.576. The van der Waals surface area contributed by atoms with Crippen molar-refractivity contribution in [2.75, 3.05) is 0 Å². The lowest BCUT2D eigenvalue weighted by molar-refractivity contribution is -0.130. The summed E-state index contributed by atoms with van der Waals surface area (Å²) in [5, 5.41) is 0. The molecule has 0 spiro atoms. The van der Waals surface area contributed by atoms with E-state index in [1.165, 1.54) is 0 Å². The molecule has 0 N–H and O–H groups in total. The smallest absolute Gasteiger partial charge is 0.338 e. The number of esters is 1. The fourth-order valence-corrected chi connectivity index (χ4v) is 1.82. The molecule has 0 aliphatic heterocycles. The summed E-state index contributed by atoms with van der Waals surface area (Å²) in [7, 11) is 0. The number of fused-ring (bicyclic) bond motifs is 1. The van der Waals surface area contributed by atoms with E-state index in [0.717, 1.165) is 0 Å². The maximum Gasteiger partial charge on any atom is 0.338 e. The molecule has 0 heterocycles. The average molecular weight is 244 g/mol. The molecule has 0 unspecified atom stereocenters. The van der Waals surface area contributed by atoms with Crippen molar-refractivity contribution in [1.29, 1.82) is 0 Å². The number of benzene rings is 1. The molecule has 1 aromatic carbocycles. The molecule has 0 saturated carbocycles. The van der Waals surface area contributed by atoms with Gasteiger partial charge in [-0.25, -0.2) is 4.79 Å². The van der Waals surface area contributed by atoms with Crippen LogP contribution in [-0.4, -0.2) is 17.5 Å². The maximum atomic E-state index is 11.7. The molecule has 4 nitrogen and oxygen atoms in total. The van der Waals surface area contributed by atoms with E-state index in [-0.39, 0.29) is 12.0 Å². The molecule has 0 atom stereocenters. The van der Waals surface area contributed by atoms with E-state index < -0.39 is 17.5 Å². The van der Waals surface area contributed by atoms with Gasteiger partial charge in [0.05, 0.1) is 0 Å². The molecule has 0 saturated heterocycles. The number of hydrogen-bond acceptors (Lipinski definition) is 4. The van der Waals surface area contributed by atoms with Crippen molar-refractivity contribution in [2.24, 2.45) is 0 Å². The summed E-state index contributed by atoms with van der Waals surface area (Å²) >= 11 is 0. The van der Waals surface area contributed by atoms with E-state index in [0.29, 0.717) is 23.3 Å². The van der Waals surface area contributed by atoms with Crippen LogP contribution in [0.4, 0.5) is 0 Å². The summed E-state index contributed by atoms with van der Waals surface area (Å²) < 4.78 is 5.16. The highest BCUT2D eigenvalue weighted by Crippen LogP contribution is 2.28. The molecule has 1 aliphatic rings. The first kappa shape index (κ1) is 12.2. The predicted octanol–water partition coefficient (Wildman–Crippen LogP) is 1.87. The molecular weight excluding hydrogens is 232 g/mol. The molecule has 1 aliphatic carbocycles. The molecule has 2 rings (SSSR count). The van der Waals surface area contributed by atoms with Crippen molar-refractivity contribution in [3.63, 3.8) is 0 Å². The van der Waals surface area contributed by atoms with Crippen LogP contribution in [0.15, 0.2) is 30.4 Å². The number of hydrogen-bond donors (Lipinski definition) is 0. The summed E-state index contributed by atoms with van der Waals surface area (Å²) in [6.45, 7) is 5.04. The zero-order chi connectivity index (χ0) is 13.3. The van der Waals surface area contributed by atoms with Gasteiger partial charge in [0, 0.05) is 23.1 Å². The van der Waals surface area contributed by atoms with Crippen molar-refractivity contribution >= 4 is 17.5 Å². The SMILES string of the molecule is C=C(C)C(=O)Oc1cccc2c1CCC(=O)C2=O. The lowest BCUT2D eigenvalue weighted by Crippen LogP contribution is -2.23. The molecular formula is C14H12O4. The number of ketones is 2. The van der Waals surface area contributed by atoms with E-state index in [1.807, 2.05) is 0 Å². The number of rotatable bonds is 2. The minimum atomic E-state index is -0.534. The molecule has 0 bridgehead atoms. The third-order valence-corrected chi connectivity index (χ3v) is 2.78. The monoisotopic (exact) mass is 244 g/mol. The first-order valence-corrected chi connectivity index (χ1v) is 5.58. The Kier molecular flexibility index (Phi) is 3.10. The minimum absolute atomic E-state index is 0.160. The van der Waals surface area contributed by atoms with Crippen LogP contribution in [-0.2, 0) is 16.0 Å². The van der Waals surface area contributed by atoms with E-state index in [2.05, 4.69) is 6.58 Å². The topological polar surface area (TPSA) is 60.4 Å². The van der Waals surface area contributed by atoms with Gasteiger partial charge in [-0.05, 0) is 19.4 Å². The van der Waals surface area contributed by atoms with E-state index >= 15 is 0 Å². The Labute approximate surface area is 104 Å². The van der Waals surface area contributed by atoms with Crippen LogP contribution >= 0.6 is 0 Å². The Morgan fingerprint density at radius 3 is 2.67 bits per heavy atom. The second-order valence-electron chi connectivity index (χ2n) is 4.20. The average Bonchev–Trinajstić information content (AvgIpc) is 2.34. The van der Waals surface area contributed by atoms with Gasteiger partial charge in [-0.3, -0.25) is 9.59 Å². The first-order chi connectivity index (χ1) is 8.50. The highest BCUT2D eigenvalue weighted by atomic mass is 16.5. The molecule has 0 fully saturated rings. The molecule has 92 valence electrons. The fourth-order valence-electron chi connectivity index (χ4n) is 1.82. The number of carbonyl (C=O) groups excluding carboxylic acids is 3. The van der Waals surface area contributed by atoms with Crippen LogP contribution in [0.25, 0.3) is 0 Å². The normalized spacial score (nSPS) is 14.1. The number of Topliss-reactive ketones (excluding diaryl/α,β-unsaturated/α-hetero) is 2. The Bertz CT molecular complexity index is 569. The summed E-state index contributed by atoms with van der Waals surface area (Å²) in [4.78, 5) is 34.5. The van der Waals surface area contributed by atoms with E-state index in [1.54, 1.807) is 25.1 Å². The van der Waals surface area contributed by atoms with Gasteiger partial charge in [0.1, 0.15) is 5.75 Å². The van der Waals surface area contributed by atoms with Crippen LogP contribution in [0.2, 0.25) is 0 Å². The van der Waals surface area contributed by atoms with Gasteiger partial charge in [0.15, 0.2) is 0 Å². The van der Waals surface area contributed by atoms with Crippen LogP contribution in [0, 0.1) is 0 Å². The second-order valence-corrected chi connectivity index (χ2v) is 4.20. The van der Waals surface area contributed by atoms with Gasteiger partial charge in [-0.15, -0.1) is 0 Å². The fraction of sp³-hybridized carbons (Fsp3) is 0.214. The number of ether oxygens (including phenoxy) is 1. The van der Waals surface area contributed by atoms with Gasteiger partial charge in [0.2, 0.25) is 11.6 Å². The van der Waals surface area contributed by atoms with Crippen molar-refractivity contribution < 1.29 is 19.1 Å². The molecule has 0 radical (unpaired) electrons. The Hall–Kier alpha value is -2.23. The van der Waals surface area contributed by atoms with E-state index in [4.69, 9.17) is 4.74 Å². The Balaban J connectivity index is 2.40. The lowest BCUT2D eigenvalue weighted by atomic mass is 9.89.